The molecule has 0 fully saturated rings. The van der Waals surface area contributed by atoms with Gasteiger partial charge in [0.1, 0.15) is 29.7 Å². The van der Waals surface area contributed by atoms with Crippen LogP contribution >= 0.6 is 0 Å². The fourth-order valence-corrected chi connectivity index (χ4v) is 3.43. The predicted molar refractivity (Wildman–Crippen MR) is 112 cm³/mol. The van der Waals surface area contributed by atoms with Gasteiger partial charge < -0.3 is 15.4 Å². The summed E-state index contributed by atoms with van der Waals surface area (Å²) < 4.78 is 19.4. The normalized spacial score (nSPS) is 12.7. The van der Waals surface area contributed by atoms with Crippen molar-refractivity contribution in [2.24, 2.45) is 0 Å². The van der Waals surface area contributed by atoms with Gasteiger partial charge in [0.15, 0.2) is 0 Å². The zero-order valence-corrected chi connectivity index (χ0v) is 15.5. The van der Waals surface area contributed by atoms with Gasteiger partial charge in [0.2, 0.25) is 0 Å². The lowest BCUT2D eigenvalue weighted by Crippen LogP contribution is -2.28. The summed E-state index contributed by atoms with van der Waals surface area (Å²) in [5, 5.41) is 6.79. The number of nitrogen functional groups attached to an aromatic ring is 1. The monoisotopic (exact) mass is 396 g/mol. The van der Waals surface area contributed by atoms with E-state index in [0.29, 0.717) is 30.4 Å². The maximum atomic E-state index is 13.9. The molecule has 7 heteroatoms. The van der Waals surface area contributed by atoms with Crippen molar-refractivity contribution in [2.75, 3.05) is 23.8 Å². The number of ether oxygens (including phenoxy) is 1. The number of carbonyl (C=O) groups excluding carboxylic acids is 1. The van der Waals surface area contributed by atoms with E-state index in [1.807, 2.05) is 36.1 Å². The van der Waals surface area contributed by atoms with Crippen molar-refractivity contribution < 1.29 is 13.9 Å². The Balaban J connectivity index is 0.00000240. The average molecular weight is 396 g/mol. The highest BCUT2D eigenvalue weighted by atomic mass is 19.1. The van der Waals surface area contributed by atoms with E-state index < -0.39 is 0 Å². The van der Waals surface area contributed by atoms with Crippen LogP contribution in [-0.4, -0.2) is 29.1 Å². The van der Waals surface area contributed by atoms with Crippen LogP contribution in [0.15, 0.2) is 42.5 Å². The number of fused-ring (bicyclic) bond motifs is 1. The first-order valence-electron chi connectivity index (χ1n) is 9.11. The Bertz CT molecular complexity index is 1010. The number of ketones is 1. The molecular weight excluding hydrogens is 371 g/mol. The van der Waals surface area contributed by atoms with Crippen LogP contribution in [-0.2, 0) is 17.6 Å². The van der Waals surface area contributed by atoms with Crippen molar-refractivity contribution in [1.82, 2.24) is 10.2 Å². The van der Waals surface area contributed by atoms with Crippen LogP contribution in [0.2, 0.25) is 0 Å². The maximum absolute atomic E-state index is 13.9. The van der Waals surface area contributed by atoms with Crippen LogP contribution in [0.3, 0.4) is 0 Å². The summed E-state index contributed by atoms with van der Waals surface area (Å²) in [6.07, 6.45) is 0.351. The predicted octanol–water partition coefficient (Wildman–Crippen LogP) is 3.96. The van der Waals surface area contributed by atoms with Gasteiger partial charge in [-0.15, -0.1) is 5.10 Å². The highest BCUT2D eigenvalue weighted by Gasteiger charge is 2.25. The summed E-state index contributed by atoms with van der Waals surface area (Å²) in [6.45, 7) is 3.05. The van der Waals surface area contributed by atoms with Gasteiger partial charge in [-0.2, -0.15) is 0 Å². The van der Waals surface area contributed by atoms with Crippen LogP contribution in [0, 0.1) is 12.7 Å². The number of anilines is 3. The number of rotatable bonds is 5. The molecule has 0 saturated heterocycles. The summed E-state index contributed by atoms with van der Waals surface area (Å²) in [5.41, 5.74) is 9.90. The maximum Gasteiger partial charge on any atom is 0.259 e. The van der Waals surface area contributed by atoms with E-state index in [0.717, 1.165) is 22.5 Å². The zero-order valence-electron chi connectivity index (χ0n) is 15.5. The van der Waals surface area contributed by atoms with Gasteiger partial charge in [-0.05, 0) is 36.2 Å². The van der Waals surface area contributed by atoms with E-state index in [1.54, 1.807) is 12.1 Å². The Labute approximate surface area is 169 Å². The second-order valence-electron chi connectivity index (χ2n) is 6.94. The minimum atomic E-state index is -0.338. The van der Waals surface area contributed by atoms with Gasteiger partial charge >= 0.3 is 0 Å². The fraction of sp³-hybridized carbons (Fsp3) is 0.273. The highest BCUT2D eigenvalue weighted by molar-refractivity contribution is 5.83. The lowest BCUT2D eigenvalue weighted by Gasteiger charge is -2.28. The Hall–Kier alpha value is -3.35. The first kappa shape index (κ1) is 20.4. The molecule has 0 aliphatic carbocycles. The number of nitrogens with zero attached hydrogens (tertiary/aromatic N) is 2. The summed E-state index contributed by atoms with van der Waals surface area (Å²) >= 11 is 0. The number of aromatic amines is 1. The Morgan fingerprint density at radius 3 is 2.76 bits per heavy atom. The number of aryl methyl sites for hydroxylation is 1. The molecule has 0 saturated carbocycles. The van der Waals surface area contributed by atoms with Crippen LogP contribution in [0.25, 0.3) is 0 Å². The van der Waals surface area contributed by atoms with E-state index in [1.165, 1.54) is 6.07 Å². The first-order chi connectivity index (χ1) is 13.5. The molecule has 4 rings (SSSR count). The van der Waals surface area contributed by atoms with Gasteiger partial charge in [-0.1, -0.05) is 37.3 Å². The minimum Gasteiger partial charge on any atom is -0.473 e. The third kappa shape index (κ3) is 4.23. The second kappa shape index (κ2) is 8.34. The molecule has 29 heavy (non-hydrogen) atoms. The smallest absolute Gasteiger partial charge is 0.259 e. The molecule has 0 spiro atoms. The van der Waals surface area contributed by atoms with Crippen molar-refractivity contribution in [3.8, 4) is 5.88 Å². The minimum absolute atomic E-state index is 0. The molecule has 2 aromatic carbocycles. The number of aromatic nitrogens is 2. The zero-order chi connectivity index (χ0) is 19.7. The number of nitrogens with two attached hydrogens (primary N) is 1. The molecule has 1 aromatic heterocycles. The Kier molecular flexibility index (Phi) is 5.87. The van der Waals surface area contributed by atoms with Crippen LogP contribution in [0.4, 0.5) is 21.6 Å². The lowest BCUT2D eigenvalue weighted by molar-refractivity contribution is -0.117. The molecule has 1 aliphatic rings. The summed E-state index contributed by atoms with van der Waals surface area (Å²) in [4.78, 5) is 14.4. The number of nitrogens with one attached hydrogen (secondary N) is 1. The third-order valence-corrected chi connectivity index (χ3v) is 4.80. The fourth-order valence-electron chi connectivity index (χ4n) is 3.43. The molecule has 1 aliphatic heterocycles. The highest BCUT2D eigenvalue weighted by Crippen LogP contribution is 2.39. The van der Waals surface area contributed by atoms with E-state index in [2.05, 4.69) is 10.2 Å². The molecule has 6 nitrogen and oxygen atoms in total. The number of hydrogen-bond donors (Lipinski definition) is 2. The van der Waals surface area contributed by atoms with E-state index >= 15 is 0 Å². The molecule has 0 amide bonds. The van der Waals surface area contributed by atoms with Gasteiger partial charge in [0, 0.05) is 18.5 Å². The lowest BCUT2D eigenvalue weighted by atomic mass is 10.0. The van der Waals surface area contributed by atoms with Crippen LogP contribution in [0.5, 0.6) is 5.88 Å². The largest absolute Gasteiger partial charge is 0.473 e. The molecule has 152 valence electrons. The molecule has 3 aromatic rings. The topological polar surface area (TPSA) is 84.2 Å². The number of carbonyl (C=O) groups is 1. The first-order valence-corrected chi connectivity index (χ1v) is 9.11. The van der Waals surface area contributed by atoms with Crippen molar-refractivity contribution in [3.05, 3.63) is 65.0 Å². The molecule has 0 unspecified atom stereocenters. The van der Waals surface area contributed by atoms with Crippen molar-refractivity contribution in [1.29, 1.82) is 0 Å². The van der Waals surface area contributed by atoms with Crippen LogP contribution < -0.4 is 15.4 Å². The number of H-pyrrole nitrogens is 1. The van der Waals surface area contributed by atoms with E-state index in [-0.39, 0.29) is 31.9 Å². The molecule has 2 heterocycles. The van der Waals surface area contributed by atoms with E-state index in [4.69, 9.17) is 10.5 Å². The summed E-state index contributed by atoms with van der Waals surface area (Å²) in [7, 11) is 0. The van der Waals surface area contributed by atoms with Crippen molar-refractivity contribution >= 4 is 23.0 Å². The van der Waals surface area contributed by atoms with Gasteiger partial charge in [-0.3, -0.25) is 9.89 Å². The number of Topliss-reactive ketones (excluding diaryl/α,β-unsaturated/α-hetero) is 1. The Morgan fingerprint density at radius 2 is 2.00 bits per heavy atom. The van der Waals surface area contributed by atoms with Gasteiger partial charge in [0.05, 0.1) is 6.54 Å². The SMILES string of the molecule is C.Cc1ccc(F)c(CC(=O)Cc2ccc(N3CCOc4n[nH]c(N)c43)cc2)c1. The van der Waals surface area contributed by atoms with Gasteiger partial charge in [-0.25, -0.2) is 4.39 Å². The average Bonchev–Trinajstić information content (AvgIpc) is 3.07. The Morgan fingerprint density at radius 1 is 1.24 bits per heavy atom. The molecule has 0 bridgehead atoms. The summed E-state index contributed by atoms with van der Waals surface area (Å²) in [5.74, 6) is 0.581. The standard InChI is InChI=1S/C21H21FN4O2.CH4/c1-13-2-7-18(22)15(10-13)12-17(27)11-14-3-5-16(6-4-14)26-8-9-28-21-19(26)20(23)24-25-21;/h2-7,10H,8-9,11-12H2,1H3,(H3,23,24,25);1H4. The second-order valence-corrected chi connectivity index (χ2v) is 6.94. The number of benzene rings is 2. The summed E-state index contributed by atoms with van der Waals surface area (Å²) in [6, 6.07) is 12.5. The number of hydrogen-bond acceptors (Lipinski definition) is 5. The van der Waals surface area contributed by atoms with Crippen molar-refractivity contribution in [2.45, 2.75) is 27.2 Å². The number of halogens is 1. The molecule has 0 radical (unpaired) electrons. The molecular formula is C22H25FN4O2. The van der Waals surface area contributed by atoms with E-state index in [9.17, 15) is 9.18 Å². The van der Waals surface area contributed by atoms with Crippen LogP contribution in [0.1, 0.15) is 24.1 Å². The quantitative estimate of drug-likeness (QED) is 0.682. The molecule has 3 N–H and O–H groups in total. The molecule has 0 atom stereocenters. The van der Waals surface area contributed by atoms with Crippen molar-refractivity contribution in [3.63, 3.8) is 0 Å². The third-order valence-electron chi connectivity index (χ3n) is 4.80. The van der Waals surface area contributed by atoms with Gasteiger partial charge in [0.25, 0.3) is 5.88 Å².